The quantitative estimate of drug-likeness (QED) is 0.781. The van der Waals surface area contributed by atoms with Gasteiger partial charge in [0.25, 0.3) is 0 Å². The minimum absolute atomic E-state index is 0.0715. The van der Waals surface area contributed by atoms with Gasteiger partial charge in [-0.3, -0.25) is 4.79 Å². The third kappa shape index (κ3) is 5.61. The number of benzene rings is 2. The molecule has 2 saturated heterocycles. The van der Waals surface area contributed by atoms with Gasteiger partial charge < -0.3 is 20.0 Å². The second-order valence-corrected chi connectivity index (χ2v) is 9.16. The molecule has 0 aromatic heterocycles. The van der Waals surface area contributed by atoms with E-state index in [9.17, 15) is 9.59 Å². The molecule has 2 heterocycles. The van der Waals surface area contributed by atoms with Crippen LogP contribution in [0.15, 0.2) is 48.5 Å². The summed E-state index contributed by atoms with van der Waals surface area (Å²) in [6.07, 6.45) is 2.47. The largest absolute Gasteiger partial charge is 0.368 e. The highest BCUT2D eigenvalue weighted by Crippen LogP contribution is 2.23. The van der Waals surface area contributed by atoms with Crippen LogP contribution in [0.5, 0.6) is 0 Å². The van der Waals surface area contributed by atoms with Crippen LogP contribution in [-0.2, 0) is 4.79 Å². The number of aryl methyl sites for hydroxylation is 2. The normalized spacial score (nSPS) is 19.1. The van der Waals surface area contributed by atoms with Crippen molar-refractivity contribution in [3.05, 3.63) is 59.7 Å². The third-order valence-electron chi connectivity index (χ3n) is 6.57. The molecule has 2 fully saturated rings. The van der Waals surface area contributed by atoms with Crippen molar-refractivity contribution >= 4 is 23.3 Å². The highest BCUT2D eigenvalue weighted by atomic mass is 16.2. The first-order valence-corrected chi connectivity index (χ1v) is 11.7. The molecule has 0 spiro atoms. The van der Waals surface area contributed by atoms with Gasteiger partial charge in [-0.15, -0.1) is 0 Å². The number of likely N-dealkylation sites (tertiary alicyclic amines) is 1. The molecule has 4 rings (SSSR count). The molecule has 2 aromatic rings. The molecule has 0 aliphatic carbocycles. The molecule has 0 bridgehead atoms. The van der Waals surface area contributed by atoms with Crippen LogP contribution in [0.4, 0.5) is 16.2 Å². The Balaban J connectivity index is 1.25. The van der Waals surface area contributed by atoms with Gasteiger partial charge in [-0.25, -0.2) is 4.79 Å². The maximum atomic E-state index is 13.0. The van der Waals surface area contributed by atoms with E-state index in [1.54, 1.807) is 0 Å². The smallest absolute Gasteiger partial charge is 0.321 e. The van der Waals surface area contributed by atoms with Crippen molar-refractivity contribution in [2.75, 3.05) is 49.5 Å². The number of rotatable bonds is 4. The number of anilines is 2. The molecule has 32 heavy (non-hydrogen) atoms. The number of carbonyl (C=O) groups excluding carboxylic acids is 2. The molecule has 1 unspecified atom stereocenters. The van der Waals surface area contributed by atoms with Gasteiger partial charge in [0.2, 0.25) is 5.91 Å². The zero-order valence-corrected chi connectivity index (χ0v) is 19.2. The summed E-state index contributed by atoms with van der Waals surface area (Å²) in [6.45, 7) is 8.78. The summed E-state index contributed by atoms with van der Waals surface area (Å²) >= 11 is 0. The van der Waals surface area contributed by atoms with Gasteiger partial charge in [-0.05, 0) is 62.4 Å². The lowest BCUT2D eigenvalue weighted by Gasteiger charge is -2.38. The molecule has 1 atom stereocenters. The zero-order chi connectivity index (χ0) is 22.5. The van der Waals surface area contributed by atoms with Crippen molar-refractivity contribution in [1.82, 2.24) is 9.80 Å². The van der Waals surface area contributed by atoms with Crippen molar-refractivity contribution in [1.29, 1.82) is 0 Å². The average Bonchev–Trinajstić information content (AvgIpc) is 2.81. The Kier molecular flexibility index (Phi) is 6.98. The summed E-state index contributed by atoms with van der Waals surface area (Å²) in [6, 6.07) is 16.3. The van der Waals surface area contributed by atoms with Crippen LogP contribution < -0.4 is 10.2 Å². The van der Waals surface area contributed by atoms with Crippen LogP contribution >= 0.6 is 0 Å². The number of hydrogen-bond acceptors (Lipinski definition) is 3. The van der Waals surface area contributed by atoms with Gasteiger partial charge in [-0.1, -0.05) is 29.8 Å². The van der Waals surface area contributed by atoms with Gasteiger partial charge in [0.1, 0.15) is 0 Å². The standard InChI is InChI=1S/C26H34N4O2/c1-20-8-10-23(11-9-20)27-26(32)30-12-4-6-22(19-30)18-25(31)29-15-13-28(14-16-29)24-7-3-5-21(2)17-24/h3,5,7-11,17,22H,4,6,12-16,18-19H2,1-2H3,(H,27,32). The molecule has 2 aliphatic heterocycles. The van der Waals surface area contributed by atoms with E-state index >= 15 is 0 Å². The van der Waals surface area contributed by atoms with Crippen molar-refractivity contribution in [2.24, 2.45) is 5.92 Å². The summed E-state index contributed by atoms with van der Waals surface area (Å²) in [7, 11) is 0. The predicted octanol–water partition coefficient (Wildman–Crippen LogP) is 4.29. The van der Waals surface area contributed by atoms with E-state index in [1.165, 1.54) is 16.8 Å². The number of amides is 3. The van der Waals surface area contributed by atoms with E-state index in [4.69, 9.17) is 0 Å². The molecule has 6 nitrogen and oxygen atoms in total. The van der Waals surface area contributed by atoms with E-state index in [-0.39, 0.29) is 17.9 Å². The Morgan fingerprint density at radius 1 is 0.906 bits per heavy atom. The van der Waals surface area contributed by atoms with Crippen LogP contribution in [0, 0.1) is 19.8 Å². The van der Waals surface area contributed by atoms with Gasteiger partial charge in [0.15, 0.2) is 0 Å². The van der Waals surface area contributed by atoms with Gasteiger partial charge in [-0.2, -0.15) is 0 Å². The van der Waals surface area contributed by atoms with Crippen molar-refractivity contribution in [3.8, 4) is 0 Å². The Hall–Kier alpha value is -3.02. The highest BCUT2D eigenvalue weighted by Gasteiger charge is 2.28. The van der Waals surface area contributed by atoms with Gasteiger partial charge in [0, 0.05) is 57.1 Å². The van der Waals surface area contributed by atoms with Crippen molar-refractivity contribution in [2.45, 2.75) is 33.1 Å². The Labute approximate surface area is 191 Å². The second kappa shape index (κ2) is 10.1. The molecule has 170 valence electrons. The fourth-order valence-electron chi connectivity index (χ4n) is 4.67. The van der Waals surface area contributed by atoms with Crippen molar-refractivity contribution in [3.63, 3.8) is 0 Å². The average molecular weight is 435 g/mol. The minimum Gasteiger partial charge on any atom is -0.368 e. The molecule has 0 saturated carbocycles. The Morgan fingerprint density at radius 3 is 2.38 bits per heavy atom. The fraction of sp³-hybridized carbons (Fsp3) is 0.462. The SMILES string of the molecule is Cc1ccc(NC(=O)N2CCCC(CC(=O)N3CCN(c4cccc(C)c4)CC3)C2)cc1. The van der Waals surface area contributed by atoms with Crippen molar-refractivity contribution < 1.29 is 9.59 Å². The first-order valence-electron chi connectivity index (χ1n) is 11.7. The monoisotopic (exact) mass is 434 g/mol. The third-order valence-corrected chi connectivity index (χ3v) is 6.57. The van der Waals surface area contributed by atoms with Crippen LogP contribution in [-0.4, -0.2) is 61.0 Å². The topological polar surface area (TPSA) is 55.9 Å². The van der Waals surface area contributed by atoms with Crippen LogP contribution in [0.2, 0.25) is 0 Å². The van der Waals surface area contributed by atoms with Gasteiger partial charge >= 0.3 is 6.03 Å². The lowest BCUT2D eigenvalue weighted by Crippen LogP contribution is -2.50. The van der Waals surface area contributed by atoms with Crippen LogP contribution in [0.25, 0.3) is 0 Å². The first-order chi connectivity index (χ1) is 15.5. The molecule has 6 heteroatoms. The maximum absolute atomic E-state index is 13.0. The minimum atomic E-state index is -0.0715. The zero-order valence-electron chi connectivity index (χ0n) is 19.2. The number of piperazine rings is 1. The number of nitrogens with zero attached hydrogens (tertiary/aromatic N) is 3. The molecular weight excluding hydrogens is 400 g/mol. The van der Waals surface area contributed by atoms with Crippen LogP contribution in [0.3, 0.4) is 0 Å². The molecular formula is C26H34N4O2. The van der Waals surface area contributed by atoms with E-state index in [0.29, 0.717) is 13.0 Å². The van der Waals surface area contributed by atoms with E-state index in [0.717, 1.165) is 51.3 Å². The lowest BCUT2D eigenvalue weighted by atomic mass is 9.94. The predicted molar refractivity (Wildman–Crippen MR) is 129 cm³/mol. The number of piperidine rings is 1. The number of hydrogen-bond donors (Lipinski definition) is 1. The van der Waals surface area contributed by atoms with Gasteiger partial charge in [0.05, 0.1) is 0 Å². The molecule has 2 aromatic carbocycles. The summed E-state index contributed by atoms with van der Waals surface area (Å²) in [5.74, 6) is 0.453. The second-order valence-electron chi connectivity index (χ2n) is 9.16. The summed E-state index contributed by atoms with van der Waals surface area (Å²) in [5, 5.41) is 2.99. The number of carbonyl (C=O) groups is 2. The summed E-state index contributed by atoms with van der Waals surface area (Å²) < 4.78 is 0. The fourth-order valence-corrected chi connectivity index (χ4v) is 4.67. The molecule has 1 N–H and O–H groups in total. The maximum Gasteiger partial charge on any atom is 0.321 e. The van der Waals surface area contributed by atoms with Crippen LogP contribution in [0.1, 0.15) is 30.4 Å². The highest BCUT2D eigenvalue weighted by molar-refractivity contribution is 5.89. The summed E-state index contributed by atoms with van der Waals surface area (Å²) in [5.41, 5.74) is 4.47. The first kappa shape index (κ1) is 22.2. The summed E-state index contributed by atoms with van der Waals surface area (Å²) in [4.78, 5) is 31.9. The Bertz CT molecular complexity index is 935. The van der Waals surface area contributed by atoms with E-state index in [1.807, 2.05) is 41.0 Å². The number of nitrogens with one attached hydrogen (secondary N) is 1. The number of urea groups is 1. The molecule has 2 aliphatic rings. The van der Waals surface area contributed by atoms with E-state index < -0.39 is 0 Å². The van der Waals surface area contributed by atoms with E-state index in [2.05, 4.69) is 41.4 Å². The molecule has 3 amide bonds. The lowest BCUT2D eigenvalue weighted by molar-refractivity contribution is -0.132. The Morgan fingerprint density at radius 2 is 1.66 bits per heavy atom. The molecule has 0 radical (unpaired) electrons.